The minimum absolute atomic E-state index is 0.241. The molecule has 3 aromatic carbocycles. The number of rotatable bonds is 5. The molecule has 4 rings (SSSR count). The summed E-state index contributed by atoms with van der Waals surface area (Å²) in [5, 5.41) is 0. The minimum atomic E-state index is -0.302. The molecule has 0 amide bonds. The largest absolute Gasteiger partial charge is 0.492 e. The normalized spacial score (nSPS) is 13.7. The number of hydrogen-bond donors (Lipinski definition) is 0. The van der Waals surface area contributed by atoms with Crippen LogP contribution < -0.4 is 0 Å². The van der Waals surface area contributed by atoms with Crippen molar-refractivity contribution in [3.8, 4) is 11.1 Å². The van der Waals surface area contributed by atoms with Gasteiger partial charge in [-0.2, -0.15) is 0 Å². The summed E-state index contributed by atoms with van der Waals surface area (Å²) in [5.41, 5.74) is 4.76. The van der Waals surface area contributed by atoms with E-state index < -0.39 is 0 Å². The van der Waals surface area contributed by atoms with Crippen LogP contribution in [0.3, 0.4) is 0 Å². The van der Waals surface area contributed by atoms with E-state index in [1.807, 2.05) is 60.7 Å². The molecule has 0 radical (unpaired) electrons. The maximum atomic E-state index is 12.7. The summed E-state index contributed by atoms with van der Waals surface area (Å²) < 4.78 is 11.4. The highest BCUT2D eigenvalue weighted by molar-refractivity contribution is 5.96. The van der Waals surface area contributed by atoms with Gasteiger partial charge in [0.2, 0.25) is 0 Å². The van der Waals surface area contributed by atoms with Crippen molar-refractivity contribution in [2.75, 3.05) is 6.61 Å². The molecule has 0 N–H and O–H groups in total. The Hall–Kier alpha value is -3.33. The van der Waals surface area contributed by atoms with Crippen LogP contribution in [0.4, 0.5) is 0 Å². The van der Waals surface area contributed by atoms with Gasteiger partial charge in [-0.3, -0.25) is 0 Å². The Morgan fingerprint density at radius 3 is 2.25 bits per heavy atom. The van der Waals surface area contributed by atoms with Crippen LogP contribution in [0.5, 0.6) is 0 Å². The van der Waals surface area contributed by atoms with E-state index in [2.05, 4.69) is 24.3 Å². The van der Waals surface area contributed by atoms with Crippen molar-refractivity contribution in [1.82, 2.24) is 0 Å². The van der Waals surface area contributed by atoms with Gasteiger partial charge >= 0.3 is 5.97 Å². The summed E-state index contributed by atoms with van der Waals surface area (Å²) in [6.45, 7) is 0.866. The van der Waals surface area contributed by atoms with Crippen LogP contribution in [0.1, 0.15) is 24.0 Å². The van der Waals surface area contributed by atoms with E-state index >= 15 is 0 Å². The lowest BCUT2D eigenvalue weighted by Gasteiger charge is -2.20. The summed E-state index contributed by atoms with van der Waals surface area (Å²) in [6.07, 6.45) is 1.50. The number of hydrogen-bond acceptors (Lipinski definition) is 3. The van der Waals surface area contributed by atoms with Gasteiger partial charge in [0.1, 0.15) is 12.4 Å². The first-order valence-corrected chi connectivity index (χ1v) is 9.54. The summed E-state index contributed by atoms with van der Waals surface area (Å²) in [5.74, 6) is 0.346. The van der Waals surface area contributed by atoms with Crippen molar-refractivity contribution in [3.05, 3.63) is 102 Å². The Morgan fingerprint density at radius 1 is 0.821 bits per heavy atom. The van der Waals surface area contributed by atoms with Crippen LogP contribution in [0.2, 0.25) is 0 Å². The van der Waals surface area contributed by atoms with E-state index in [1.54, 1.807) is 0 Å². The lowest BCUT2D eigenvalue weighted by molar-refractivity contribution is -0.140. The van der Waals surface area contributed by atoms with Crippen molar-refractivity contribution in [3.63, 3.8) is 0 Å². The second-order valence-corrected chi connectivity index (χ2v) is 6.77. The van der Waals surface area contributed by atoms with Crippen LogP contribution in [-0.2, 0) is 20.9 Å². The fraction of sp³-hybridized carbons (Fsp3) is 0.160. The van der Waals surface area contributed by atoms with E-state index in [0.717, 1.165) is 28.7 Å². The van der Waals surface area contributed by atoms with E-state index in [0.29, 0.717) is 24.4 Å². The van der Waals surface area contributed by atoms with Gasteiger partial charge < -0.3 is 9.47 Å². The van der Waals surface area contributed by atoms with Crippen molar-refractivity contribution in [2.45, 2.75) is 19.4 Å². The summed E-state index contributed by atoms with van der Waals surface area (Å²) in [7, 11) is 0. The number of carbonyl (C=O) groups is 1. The summed E-state index contributed by atoms with van der Waals surface area (Å²) in [6, 6.07) is 28.0. The molecule has 0 spiro atoms. The standard InChI is InChI=1S/C25H22O3/c26-25(23-15-8-16-27-24(23)21-12-5-2-6-13-21)28-18-19-9-7-14-22(17-19)20-10-3-1-4-11-20/h1-7,9-14,17H,8,15-16,18H2. The molecule has 0 unspecified atom stereocenters. The Morgan fingerprint density at radius 2 is 1.50 bits per heavy atom. The smallest absolute Gasteiger partial charge is 0.338 e. The van der Waals surface area contributed by atoms with E-state index in [9.17, 15) is 4.79 Å². The molecule has 0 atom stereocenters. The maximum Gasteiger partial charge on any atom is 0.338 e. The highest BCUT2D eigenvalue weighted by Crippen LogP contribution is 2.29. The van der Waals surface area contributed by atoms with Gasteiger partial charge in [0, 0.05) is 5.56 Å². The molecule has 0 saturated heterocycles. The topological polar surface area (TPSA) is 35.5 Å². The highest BCUT2D eigenvalue weighted by atomic mass is 16.5. The summed E-state index contributed by atoms with van der Waals surface area (Å²) in [4.78, 5) is 12.7. The van der Waals surface area contributed by atoms with Gasteiger partial charge in [0.25, 0.3) is 0 Å². The molecule has 140 valence electrons. The third-order valence-corrected chi connectivity index (χ3v) is 4.78. The number of benzene rings is 3. The monoisotopic (exact) mass is 370 g/mol. The molecule has 1 heterocycles. The van der Waals surface area contributed by atoms with Crippen LogP contribution in [0.25, 0.3) is 16.9 Å². The van der Waals surface area contributed by atoms with Crippen molar-refractivity contribution < 1.29 is 14.3 Å². The quantitative estimate of drug-likeness (QED) is 0.547. The molecular weight excluding hydrogens is 348 g/mol. The van der Waals surface area contributed by atoms with Gasteiger partial charge in [0.05, 0.1) is 12.2 Å². The summed E-state index contributed by atoms with van der Waals surface area (Å²) >= 11 is 0. The third-order valence-electron chi connectivity index (χ3n) is 4.78. The number of carbonyl (C=O) groups excluding carboxylic acids is 1. The van der Waals surface area contributed by atoms with Crippen LogP contribution in [0.15, 0.2) is 90.5 Å². The van der Waals surface area contributed by atoms with Crippen LogP contribution in [-0.4, -0.2) is 12.6 Å². The fourth-order valence-electron chi connectivity index (χ4n) is 3.37. The van der Waals surface area contributed by atoms with E-state index in [4.69, 9.17) is 9.47 Å². The third kappa shape index (κ3) is 4.15. The van der Waals surface area contributed by atoms with E-state index in [1.165, 1.54) is 0 Å². The first-order chi connectivity index (χ1) is 13.8. The van der Waals surface area contributed by atoms with Crippen molar-refractivity contribution in [1.29, 1.82) is 0 Å². The predicted molar refractivity (Wildman–Crippen MR) is 110 cm³/mol. The van der Waals surface area contributed by atoms with E-state index in [-0.39, 0.29) is 12.6 Å². The zero-order valence-corrected chi connectivity index (χ0v) is 15.6. The molecule has 3 nitrogen and oxygen atoms in total. The zero-order valence-electron chi connectivity index (χ0n) is 15.6. The maximum absolute atomic E-state index is 12.7. The Kier molecular flexibility index (Phi) is 5.53. The van der Waals surface area contributed by atoms with Gasteiger partial charge in [-0.05, 0) is 35.6 Å². The van der Waals surface area contributed by atoms with Crippen molar-refractivity contribution >= 4 is 11.7 Å². The average Bonchev–Trinajstić information content (AvgIpc) is 2.79. The Balaban J connectivity index is 1.50. The number of esters is 1. The molecule has 0 fully saturated rings. The van der Waals surface area contributed by atoms with Gasteiger partial charge in [-0.1, -0.05) is 78.9 Å². The molecule has 0 aromatic heterocycles. The zero-order chi connectivity index (χ0) is 19.2. The lowest BCUT2D eigenvalue weighted by atomic mass is 10.0. The first kappa shape index (κ1) is 18.1. The van der Waals surface area contributed by atoms with Crippen LogP contribution >= 0.6 is 0 Å². The Bertz CT molecular complexity index is 975. The second-order valence-electron chi connectivity index (χ2n) is 6.77. The van der Waals surface area contributed by atoms with Crippen molar-refractivity contribution in [2.24, 2.45) is 0 Å². The molecule has 3 aromatic rings. The van der Waals surface area contributed by atoms with Gasteiger partial charge in [-0.25, -0.2) is 4.79 Å². The number of ether oxygens (including phenoxy) is 2. The molecule has 0 saturated carbocycles. The molecule has 1 aliphatic heterocycles. The predicted octanol–water partition coefficient (Wildman–Crippen LogP) is 5.62. The average molecular weight is 370 g/mol. The van der Waals surface area contributed by atoms with Gasteiger partial charge in [-0.15, -0.1) is 0 Å². The minimum Gasteiger partial charge on any atom is -0.492 e. The molecular formula is C25H22O3. The second kappa shape index (κ2) is 8.57. The molecule has 0 aliphatic carbocycles. The fourth-order valence-corrected chi connectivity index (χ4v) is 3.37. The SMILES string of the molecule is O=C(OCc1cccc(-c2ccccc2)c1)C1=C(c2ccccc2)OCCC1. The molecule has 1 aliphatic rings. The lowest BCUT2D eigenvalue weighted by Crippen LogP contribution is -2.16. The van der Waals surface area contributed by atoms with Crippen LogP contribution in [0, 0.1) is 0 Å². The molecule has 28 heavy (non-hydrogen) atoms. The first-order valence-electron chi connectivity index (χ1n) is 9.54. The molecule has 0 bridgehead atoms. The highest BCUT2D eigenvalue weighted by Gasteiger charge is 2.23. The van der Waals surface area contributed by atoms with Gasteiger partial charge in [0.15, 0.2) is 0 Å². The Labute approximate surface area is 165 Å². The molecule has 3 heteroatoms.